The molecule has 3 aliphatic rings. The molecule has 0 spiro atoms. The predicted molar refractivity (Wildman–Crippen MR) is 250 cm³/mol. The van der Waals surface area contributed by atoms with Crippen LogP contribution >= 0.6 is 0 Å². The standard InChI is InChI=1S/C57H64N.BrH/c1-2-3-4-5-6-7-8-9-10-11-12-13-14-15-16-23-39-58(55-36-24-33-49-46-30-20-17-27-43(46)40-52(49)55,56-37-25-34-50-47-31-21-18-28-44(47)41-53(50)56)57-38-26-35-51-48-32-22-19-29-45(48)42-54(51)57;/h17-22,24-38H,2-16,23,39-42H2,1H3;1H/q+1;/p-1. The highest BCUT2D eigenvalue weighted by Crippen LogP contribution is 2.57. The van der Waals surface area contributed by atoms with Crippen molar-refractivity contribution in [3.8, 4) is 33.4 Å². The van der Waals surface area contributed by atoms with Crippen LogP contribution in [-0.4, -0.2) is 6.54 Å². The van der Waals surface area contributed by atoms with E-state index in [2.05, 4.69) is 134 Å². The maximum atomic E-state index is 2.51. The molecule has 0 N–H and O–H groups in total. The van der Waals surface area contributed by atoms with Gasteiger partial charge in [0, 0.05) is 54.2 Å². The van der Waals surface area contributed by atoms with Gasteiger partial charge in [0.15, 0.2) is 0 Å². The van der Waals surface area contributed by atoms with Gasteiger partial charge >= 0.3 is 0 Å². The Morgan fingerprint density at radius 2 is 0.610 bits per heavy atom. The van der Waals surface area contributed by atoms with Crippen molar-refractivity contribution in [1.82, 2.24) is 4.48 Å². The van der Waals surface area contributed by atoms with Gasteiger partial charge in [0.2, 0.25) is 0 Å². The van der Waals surface area contributed by atoms with Gasteiger partial charge in [0.1, 0.15) is 17.1 Å². The molecule has 0 aromatic heterocycles. The zero-order valence-corrected chi connectivity index (χ0v) is 37.2. The summed E-state index contributed by atoms with van der Waals surface area (Å²) in [6.45, 7) is 3.37. The van der Waals surface area contributed by atoms with Crippen LogP contribution in [0, 0.1) is 0 Å². The van der Waals surface area contributed by atoms with E-state index in [1.165, 1.54) is 187 Å². The molecule has 0 bridgehead atoms. The monoisotopic (exact) mass is 841 g/mol. The molecule has 1 nitrogen and oxygen atoms in total. The maximum absolute atomic E-state index is 2.51. The topological polar surface area (TPSA) is 0 Å². The van der Waals surface area contributed by atoms with E-state index >= 15 is 0 Å². The smallest absolute Gasteiger partial charge is 0.147 e. The summed E-state index contributed by atoms with van der Waals surface area (Å²) in [7, 11) is 0. The molecule has 0 amide bonds. The van der Waals surface area contributed by atoms with E-state index in [1.807, 2.05) is 0 Å². The largest absolute Gasteiger partial charge is 1.00 e. The first-order valence-electron chi connectivity index (χ1n) is 23.3. The number of hydrogen-bond donors (Lipinski definition) is 0. The van der Waals surface area contributed by atoms with Crippen LogP contribution < -0.4 is 21.5 Å². The number of unbranched alkanes of at least 4 members (excludes halogenated alkanes) is 15. The summed E-state index contributed by atoms with van der Waals surface area (Å²) in [6.07, 6.45) is 25.2. The van der Waals surface area contributed by atoms with Gasteiger partial charge in [-0.05, 0) is 62.9 Å². The normalized spacial score (nSPS) is 13.0. The molecule has 0 saturated carbocycles. The van der Waals surface area contributed by atoms with Gasteiger partial charge in [0.25, 0.3) is 0 Å². The second kappa shape index (κ2) is 19.4. The Labute approximate surface area is 366 Å². The van der Waals surface area contributed by atoms with Gasteiger partial charge in [-0.15, -0.1) is 0 Å². The van der Waals surface area contributed by atoms with E-state index in [0.717, 1.165) is 30.3 Å². The third kappa shape index (κ3) is 8.30. The van der Waals surface area contributed by atoms with Crippen molar-refractivity contribution in [2.45, 2.75) is 129 Å². The molecule has 0 radical (unpaired) electrons. The number of benzene rings is 6. The van der Waals surface area contributed by atoms with Gasteiger partial charge in [-0.3, -0.25) is 0 Å². The summed E-state index contributed by atoms with van der Waals surface area (Å²) in [5, 5.41) is 0. The van der Waals surface area contributed by atoms with Crippen LogP contribution in [0.5, 0.6) is 0 Å². The lowest BCUT2D eigenvalue weighted by Crippen LogP contribution is -3.00. The van der Waals surface area contributed by atoms with E-state index in [-0.39, 0.29) is 17.0 Å². The number of rotatable bonds is 20. The third-order valence-electron chi connectivity index (χ3n) is 14.1. The molecule has 6 aromatic rings. The van der Waals surface area contributed by atoms with Gasteiger partial charge < -0.3 is 17.0 Å². The lowest BCUT2D eigenvalue weighted by Gasteiger charge is -2.41. The minimum absolute atomic E-state index is 0. The molecule has 9 rings (SSSR count). The van der Waals surface area contributed by atoms with Crippen molar-refractivity contribution in [2.75, 3.05) is 6.54 Å². The van der Waals surface area contributed by atoms with E-state index in [4.69, 9.17) is 0 Å². The predicted octanol–water partition coefficient (Wildman–Crippen LogP) is 13.6. The Bertz CT molecular complexity index is 2120. The SMILES string of the molecule is CCCCCCCCCCCCCCCCCC[N+](c1cccc2c1Cc1ccccc1-2)(c1cccc2c1Cc1ccccc1-2)c1cccc2c1Cc1ccccc1-2.[Br-]. The first-order chi connectivity index (χ1) is 28.8. The summed E-state index contributed by atoms with van der Waals surface area (Å²) in [4.78, 5) is 0. The number of nitrogens with zero attached hydrogens (tertiary/aromatic N) is 1. The van der Waals surface area contributed by atoms with Crippen LogP contribution in [0.2, 0.25) is 0 Å². The lowest BCUT2D eigenvalue weighted by molar-refractivity contribution is -0.0000114. The van der Waals surface area contributed by atoms with Gasteiger partial charge in [-0.25, -0.2) is 4.48 Å². The van der Waals surface area contributed by atoms with Crippen LogP contribution in [0.4, 0.5) is 17.1 Å². The summed E-state index contributed by atoms with van der Waals surface area (Å²) >= 11 is 0. The Morgan fingerprint density at radius 1 is 0.322 bits per heavy atom. The first kappa shape index (κ1) is 41.5. The summed E-state index contributed by atoms with van der Waals surface area (Å²) in [6, 6.07) is 49.3. The Morgan fingerprint density at radius 3 is 0.949 bits per heavy atom. The highest BCUT2D eigenvalue weighted by Gasteiger charge is 2.45. The molecule has 2 heteroatoms. The van der Waals surface area contributed by atoms with Gasteiger partial charge in [-0.2, -0.15) is 0 Å². The maximum Gasteiger partial charge on any atom is 0.147 e. The molecule has 0 aliphatic heterocycles. The molecular formula is C57H64BrN. The fraction of sp³-hybridized carbons (Fsp3) is 0.368. The van der Waals surface area contributed by atoms with Gasteiger partial charge in [-0.1, -0.05) is 206 Å². The molecule has 0 fully saturated rings. The minimum atomic E-state index is 0. The third-order valence-corrected chi connectivity index (χ3v) is 14.1. The average molecular weight is 843 g/mol. The second-order valence-corrected chi connectivity index (χ2v) is 17.7. The highest BCUT2D eigenvalue weighted by molar-refractivity contribution is 5.92. The van der Waals surface area contributed by atoms with Crippen molar-refractivity contribution in [2.24, 2.45) is 0 Å². The second-order valence-electron chi connectivity index (χ2n) is 17.7. The summed E-state index contributed by atoms with van der Waals surface area (Å²) in [5.41, 5.74) is 21.9. The fourth-order valence-corrected chi connectivity index (χ4v) is 11.1. The fourth-order valence-electron chi connectivity index (χ4n) is 11.1. The Hall–Kier alpha value is -4.24. The van der Waals surface area contributed by atoms with Crippen molar-refractivity contribution in [3.63, 3.8) is 0 Å². The molecular weight excluding hydrogens is 779 g/mol. The van der Waals surface area contributed by atoms with Crippen LogP contribution in [-0.2, 0) is 19.3 Å². The molecule has 0 atom stereocenters. The zero-order chi connectivity index (χ0) is 39.2. The van der Waals surface area contributed by atoms with Crippen LogP contribution in [0.1, 0.15) is 143 Å². The molecule has 304 valence electrons. The van der Waals surface area contributed by atoms with Gasteiger partial charge in [0.05, 0.1) is 6.54 Å². The lowest BCUT2D eigenvalue weighted by atomic mass is 9.94. The minimum Gasteiger partial charge on any atom is -1.00 e. The number of quaternary nitrogens is 1. The Kier molecular flexibility index (Phi) is 13.7. The van der Waals surface area contributed by atoms with E-state index < -0.39 is 0 Å². The highest BCUT2D eigenvalue weighted by atomic mass is 79.9. The van der Waals surface area contributed by atoms with Crippen molar-refractivity contribution >= 4 is 17.1 Å². The van der Waals surface area contributed by atoms with Crippen LogP contribution in [0.25, 0.3) is 33.4 Å². The van der Waals surface area contributed by atoms with Crippen molar-refractivity contribution in [3.05, 3.63) is 161 Å². The van der Waals surface area contributed by atoms with E-state index in [9.17, 15) is 0 Å². The number of fused-ring (bicyclic) bond motifs is 9. The van der Waals surface area contributed by atoms with Crippen molar-refractivity contribution in [1.29, 1.82) is 0 Å². The van der Waals surface area contributed by atoms with E-state index in [0.29, 0.717) is 0 Å². The Balaban J connectivity index is 0.00000484. The van der Waals surface area contributed by atoms with E-state index in [1.54, 1.807) is 0 Å². The molecule has 59 heavy (non-hydrogen) atoms. The first-order valence-corrected chi connectivity index (χ1v) is 23.3. The zero-order valence-electron chi connectivity index (χ0n) is 35.6. The quantitative estimate of drug-likeness (QED) is 0.0530. The molecule has 0 heterocycles. The summed E-state index contributed by atoms with van der Waals surface area (Å²) < 4.78 is 0.782. The molecule has 6 aromatic carbocycles. The van der Waals surface area contributed by atoms with Crippen molar-refractivity contribution < 1.29 is 17.0 Å². The molecule has 0 saturated heterocycles. The number of halogens is 1. The summed E-state index contributed by atoms with van der Waals surface area (Å²) in [5.74, 6) is 0. The van der Waals surface area contributed by atoms with Crippen LogP contribution in [0.3, 0.4) is 0 Å². The average Bonchev–Trinajstić information content (AvgIpc) is 3.97. The van der Waals surface area contributed by atoms with Crippen LogP contribution in [0.15, 0.2) is 127 Å². The molecule has 0 unspecified atom stereocenters. The number of hydrogen-bond acceptors (Lipinski definition) is 0. The molecule has 3 aliphatic carbocycles.